The van der Waals surface area contributed by atoms with Crippen molar-refractivity contribution in [3.8, 4) is 0 Å². The van der Waals surface area contributed by atoms with E-state index in [2.05, 4.69) is 26.5 Å². The molecule has 142 valence electrons. The molecule has 7 heteroatoms. The molecule has 0 aliphatic carbocycles. The van der Waals surface area contributed by atoms with Gasteiger partial charge in [-0.15, -0.1) is 0 Å². The zero-order valence-corrected chi connectivity index (χ0v) is 15.8. The van der Waals surface area contributed by atoms with Crippen LogP contribution < -0.4 is 10.6 Å². The van der Waals surface area contributed by atoms with E-state index in [0.717, 1.165) is 37.7 Å². The molecule has 3 rings (SSSR count). The van der Waals surface area contributed by atoms with Crippen molar-refractivity contribution in [2.75, 3.05) is 38.0 Å². The van der Waals surface area contributed by atoms with E-state index in [1.54, 1.807) is 12.1 Å². The van der Waals surface area contributed by atoms with Gasteiger partial charge in [-0.1, -0.05) is 41.9 Å². The zero-order chi connectivity index (χ0) is 19.1. The molecule has 0 unspecified atom stereocenters. The number of imide groups is 1. The van der Waals surface area contributed by atoms with E-state index in [0.29, 0.717) is 5.69 Å². The van der Waals surface area contributed by atoms with Gasteiger partial charge in [-0.05, 0) is 29.8 Å². The number of anilines is 1. The molecule has 0 bridgehead atoms. The molecular formula is C20H23ClN4O2. The summed E-state index contributed by atoms with van der Waals surface area (Å²) in [4.78, 5) is 28.3. The monoisotopic (exact) mass is 386 g/mol. The Hall–Kier alpha value is -2.41. The molecule has 1 aliphatic heterocycles. The van der Waals surface area contributed by atoms with E-state index in [1.807, 2.05) is 36.4 Å². The first-order chi connectivity index (χ1) is 13.1. The molecule has 1 aliphatic rings. The van der Waals surface area contributed by atoms with Crippen LogP contribution in [0.5, 0.6) is 0 Å². The van der Waals surface area contributed by atoms with Gasteiger partial charge in [-0.2, -0.15) is 0 Å². The van der Waals surface area contributed by atoms with E-state index in [9.17, 15) is 9.59 Å². The first kappa shape index (κ1) is 19.4. The van der Waals surface area contributed by atoms with Crippen LogP contribution in [0.1, 0.15) is 5.56 Å². The van der Waals surface area contributed by atoms with Crippen LogP contribution in [0.25, 0.3) is 0 Å². The summed E-state index contributed by atoms with van der Waals surface area (Å²) in [6, 6.07) is 16.4. The number of para-hydroxylation sites is 1. The molecule has 0 aromatic heterocycles. The number of carbonyl (C=O) groups excluding carboxylic acids is 2. The van der Waals surface area contributed by atoms with Gasteiger partial charge in [0.15, 0.2) is 0 Å². The predicted octanol–water partition coefficient (Wildman–Crippen LogP) is 2.81. The number of halogens is 1. The summed E-state index contributed by atoms with van der Waals surface area (Å²) in [5, 5.41) is 5.76. The van der Waals surface area contributed by atoms with E-state index in [-0.39, 0.29) is 12.5 Å². The Balaban J connectivity index is 1.38. The van der Waals surface area contributed by atoms with Crippen LogP contribution in [0.4, 0.5) is 10.5 Å². The van der Waals surface area contributed by atoms with Crippen molar-refractivity contribution in [3.05, 3.63) is 65.2 Å². The molecule has 1 fully saturated rings. The fourth-order valence-corrected chi connectivity index (χ4v) is 3.26. The van der Waals surface area contributed by atoms with Gasteiger partial charge < -0.3 is 5.32 Å². The van der Waals surface area contributed by atoms with Crippen LogP contribution in [0.15, 0.2) is 54.6 Å². The highest BCUT2D eigenvalue weighted by atomic mass is 35.5. The molecule has 0 radical (unpaired) electrons. The van der Waals surface area contributed by atoms with Crippen molar-refractivity contribution >= 4 is 29.2 Å². The SMILES string of the molecule is O=C(CN1CCN(Cc2cccc(Cl)c2)CC1)NC(=O)Nc1ccccc1. The average Bonchev–Trinajstić information content (AvgIpc) is 2.64. The quantitative estimate of drug-likeness (QED) is 0.829. The number of rotatable bonds is 5. The Morgan fingerprint density at radius 1 is 0.926 bits per heavy atom. The Kier molecular flexibility index (Phi) is 6.81. The summed E-state index contributed by atoms with van der Waals surface area (Å²) >= 11 is 6.03. The Labute approximate surface area is 164 Å². The standard InChI is InChI=1S/C20H23ClN4O2/c21-17-6-4-5-16(13-17)14-24-9-11-25(12-10-24)15-19(26)23-20(27)22-18-7-2-1-3-8-18/h1-8,13H,9-12,14-15H2,(H2,22,23,26,27). The van der Waals surface area contributed by atoms with Crippen molar-refractivity contribution in [1.82, 2.24) is 15.1 Å². The second-order valence-electron chi connectivity index (χ2n) is 6.55. The lowest BCUT2D eigenvalue weighted by Gasteiger charge is -2.34. The van der Waals surface area contributed by atoms with E-state index in [4.69, 9.17) is 11.6 Å². The number of nitrogens with one attached hydrogen (secondary N) is 2. The smallest absolute Gasteiger partial charge is 0.308 e. The number of carbonyl (C=O) groups is 2. The molecule has 0 atom stereocenters. The maximum absolute atomic E-state index is 12.1. The highest BCUT2D eigenvalue weighted by molar-refractivity contribution is 6.30. The molecule has 0 spiro atoms. The third kappa shape index (κ3) is 6.36. The van der Waals surface area contributed by atoms with Crippen LogP contribution >= 0.6 is 11.6 Å². The molecular weight excluding hydrogens is 364 g/mol. The molecule has 3 amide bonds. The number of hydrogen-bond acceptors (Lipinski definition) is 4. The summed E-state index contributed by atoms with van der Waals surface area (Å²) in [5.41, 5.74) is 1.84. The maximum atomic E-state index is 12.1. The van der Waals surface area contributed by atoms with Gasteiger partial charge in [-0.25, -0.2) is 4.79 Å². The van der Waals surface area contributed by atoms with E-state index in [1.165, 1.54) is 5.56 Å². The number of piperazine rings is 1. The van der Waals surface area contributed by atoms with Crippen molar-refractivity contribution in [3.63, 3.8) is 0 Å². The first-order valence-electron chi connectivity index (χ1n) is 8.93. The van der Waals surface area contributed by atoms with Crippen molar-refractivity contribution < 1.29 is 9.59 Å². The lowest BCUT2D eigenvalue weighted by atomic mass is 10.2. The highest BCUT2D eigenvalue weighted by Gasteiger charge is 2.20. The number of hydrogen-bond donors (Lipinski definition) is 2. The molecule has 2 N–H and O–H groups in total. The van der Waals surface area contributed by atoms with Gasteiger partial charge in [0.05, 0.1) is 6.54 Å². The molecule has 2 aromatic carbocycles. The second kappa shape index (κ2) is 9.50. The lowest BCUT2D eigenvalue weighted by Crippen LogP contribution is -2.50. The van der Waals surface area contributed by atoms with Gasteiger partial charge in [0, 0.05) is 43.4 Å². The third-order valence-corrected chi connectivity index (χ3v) is 4.65. The minimum Gasteiger partial charge on any atom is -0.308 e. The largest absolute Gasteiger partial charge is 0.325 e. The fraction of sp³-hybridized carbons (Fsp3) is 0.300. The summed E-state index contributed by atoms with van der Waals surface area (Å²) < 4.78 is 0. The Morgan fingerprint density at radius 3 is 2.33 bits per heavy atom. The lowest BCUT2D eigenvalue weighted by molar-refractivity contribution is -0.121. The maximum Gasteiger partial charge on any atom is 0.325 e. The summed E-state index contributed by atoms with van der Waals surface area (Å²) in [6.07, 6.45) is 0. The Morgan fingerprint density at radius 2 is 1.63 bits per heavy atom. The topological polar surface area (TPSA) is 64.7 Å². The predicted molar refractivity (Wildman–Crippen MR) is 107 cm³/mol. The molecule has 1 saturated heterocycles. The van der Waals surface area contributed by atoms with E-state index < -0.39 is 6.03 Å². The van der Waals surface area contributed by atoms with Crippen LogP contribution in [0, 0.1) is 0 Å². The normalized spacial score (nSPS) is 15.3. The summed E-state index contributed by atoms with van der Waals surface area (Å²) in [6.45, 7) is 4.38. The van der Waals surface area contributed by atoms with Gasteiger partial charge >= 0.3 is 6.03 Å². The zero-order valence-electron chi connectivity index (χ0n) is 15.0. The molecule has 1 heterocycles. The highest BCUT2D eigenvalue weighted by Crippen LogP contribution is 2.14. The van der Waals surface area contributed by atoms with Crippen LogP contribution in [0.2, 0.25) is 5.02 Å². The van der Waals surface area contributed by atoms with Crippen LogP contribution in [0.3, 0.4) is 0 Å². The third-order valence-electron chi connectivity index (χ3n) is 4.41. The van der Waals surface area contributed by atoms with Crippen LogP contribution in [-0.2, 0) is 11.3 Å². The summed E-state index contributed by atoms with van der Waals surface area (Å²) in [7, 11) is 0. The van der Waals surface area contributed by atoms with Gasteiger partial charge in [0.1, 0.15) is 0 Å². The number of amides is 3. The molecule has 2 aromatic rings. The average molecular weight is 387 g/mol. The minimum absolute atomic E-state index is 0.215. The first-order valence-corrected chi connectivity index (χ1v) is 9.31. The van der Waals surface area contributed by atoms with Gasteiger partial charge in [0.2, 0.25) is 5.91 Å². The molecule has 0 saturated carbocycles. The fourth-order valence-electron chi connectivity index (χ4n) is 3.05. The number of urea groups is 1. The molecule has 6 nitrogen and oxygen atoms in total. The minimum atomic E-state index is -0.509. The Bertz CT molecular complexity index is 777. The van der Waals surface area contributed by atoms with Crippen LogP contribution in [-0.4, -0.2) is 54.5 Å². The van der Waals surface area contributed by atoms with Gasteiger partial charge in [0.25, 0.3) is 0 Å². The second-order valence-corrected chi connectivity index (χ2v) is 6.99. The van der Waals surface area contributed by atoms with Gasteiger partial charge in [-0.3, -0.25) is 19.9 Å². The van der Waals surface area contributed by atoms with Crippen molar-refractivity contribution in [2.45, 2.75) is 6.54 Å². The summed E-state index contributed by atoms with van der Waals surface area (Å²) in [5.74, 6) is -0.299. The van der Waals surface area contributed by atoms with Crippen molar-refractivity contribution in [2.24, 2.45) is 0 Å². The van der Waals surface area contributed by atoms with E-state index >= 15 is 0 Å². The number of benzene rings is 2. The molecule has 27 heavy (non-hydrogen) atoms. The number of nitrogens with zero attached hydrogens (tertiary/aromatic N) is 2. The van der Waals surface area contributed by atoms with Crippen molar-refractivity contribution in [1.29, 1.82) is 0 Å².